The Hall–Kier alpha value is -1.76. The molecule has 0 spiro atoms. The topological polar surface area (TPSA) is 72.2 Å². The lowest BCUT2D eigenvalue weighted by Gasteiger charge is -2.09. The van der Waals surface area contributed by atoms with E-state index >= 15 is 0 Å². The minimum Gasteiger partial charge on any atom is -0.396 e. The third kappa shape index (κ3) is 4.93. The highest BCUT2D eigenvalue weighted by atomic mass is 16.5. The second-order valence-electron chi connectivity index (χ2n) is 4.86. The molecule has 0 radical (unpaired) electrons. The van der Waals surface area contributed by atoms with Crippen molar-refractivity contribution in [2.45, 2.75) is 32.7 Å². The lowest BCUT2D eigenvalue weighted by atomic mass is 10.1. The fourth-order valence-electron chi connectivity index (χ4n) is 2.11. The number of ether oxygens (including phenoxy) is 1. The Balaban J connectivity index is 1.82. The molecule has 0 saturated heterocycles. The first-order valence-corrected chi connectivity index (χ1v) is 7.09. The molecule has 0 atom stereocenters. The van der Waals surface area contributed by atoms with Crippen LogP contribution in [0.3, 0.4) is 0 Å². The van der Waals surface area contributed by atoms with E-state index in [4.69, 9.17) is 9.84 Å². The number of hydrogen-bond acceptors (Lipinski definition) is 5. The second-order valence-corrected chi connectivity index (χ2v) is 4.86. The van der Waals surface area contributed by atoms with E-state index in [1.54, 1.807) is 11.8 Å². The van der Waals surface area contributed by atoms with Crippen molar-refractivity contribution in [1.82, 2.24) is 20.3 Å². The Kier molecular flexibility index (Phi) is 6.33. The van der Waals surface area contributed by atoms with Gasteiger partial charge in [0.05, 0.1) is 12.3 Å². The molecule has 6 nitrogen and oxygen atoms in total. The van der Waals surface area contributed by atoms with Gasteiger partial charge in [-0.25, -0.2) is 0 Å². The Bertz CT molecular complexity index is 542. The maximum absolute atomic E-state index is 8.79. The molecule has 114 valence electrons. The fourth-order valence-corrected chi connectivity index (χ4v) is 2.11. The summed E-state index contributed by atoms with van der Waals surface area (Å²) in [6, 6.07) is 8.22. The van der Waals surface area contributed by atoms with E-state index in [2.05, 4.69) is 27.8 Å². The minimum atomic E-state index is 0.170. The van der Waals surface area contributed by atoms with Crippen molar-refractivity contribution in [2.75, 3.05) is 13.7 Å². The molecule has 1 aromatic heterocycles. The van der Waals surface area contributed by atoms with Gasteiger partial charge in [-0.05, 0) is 17.5 Å². The molecule has 21 heavy (non-hydrogen) atoms. The van der Waals surface area contributed by atoms with Crippen LogP contribution < -0.4 is 5.32 Å². The number of nitrogens with zero attached hydrogens (tertiary/aromatic N) is 3. The predicted octanol–water partition coefficient (Wildman–Crippen LogP) is 1.10. The van der Waals surface area contributed by atoms with E-state index in [0.29, 0.717) is 26.1 Å². The standard InChI is InChI=1S/C15H22N4O2/c1-21-12-14-6-3-2-5-13(14)9-16-10-15-11-19(18-17-15)7-4-8-20/h2-3,5-6,11,16,20H,4,7-10,12H2,1H3. The first-order valence-electron chi connectivity index (χ1n) is 7.09. The van der Waals surface area contributed by atoms with Crippen LogP contribution in [0.25, 0.3) is 0 Å². The lowest BCUT2D eigenvalue weighted by molar-refractivity contribution is 0.184. The van der Waals surface area contributed by atoms with Gasteiger partial charge in [0, 0.05) is 39.5 Å². The quantitative estimate of drug-likeness (QED) is 0.723. The van der Waals surface area contributed by atoms with Crippen LogP contribution in [0.15, 0.2) is 30.5 Å². The van der Waals surface area contributed by atoms with Crippen molar-refractivity contribution in [3.8, 4) is 0 Å². The van der Waals surface area contributed by atoms with Gasteiger partial charge in [0.2, 0.25) is 0 Å². The molecule has 2 rings (SSSR count). The highest BCUT2D eigenvalue weighted by Gasteiger charge is 2.03. The van der Waals surface area contributed by atoms with Crippen molar-refractivity contribution in [3.63, 3.8) is 0 Å². The Morgan fingerprint density at radius 2 is 2.05 bits per heavy atom. The van der Waals surface area contributed by atoms with Crippen LogP contribution in [0.5, 0.6) is 0 Å². The van der Waals surface area contributed by atoms with Crippen molar-refractivity contribution in [3.05, 3.63) is 47.3 Å². The third-order valence-corrected chi connectivity index (χ3v) is 3.17. The molecule has 0 bridgehead atoms. The molecule has 2 aromatic rings. The molecule has 0 unspecified atom stereocenters. The molecule has 1 heterocycles. The maximum atomic E-state index is 8.79. The zero-order valence-electron chi connectivity index (χ0n) is 12.3. The number of aliphatic hydroxyl groups is 1. The Labute approximate surface area is 124 Å². The summed E-state index contributed by atoms with van der Waals surface area (Å²) < 4.78 is 6.96. The van der Waals surface area contributed by atoms with Crippen LogP contribution in [0.1, 0.15) is 23.2 Å². The molecule has 0 saturated carbocycles. The van der Waals surface area contributed by atoms with Gasteiger partial charge in [0.15, 0.2) is 0 Å². The average Bonchev–Trinajstić information content (AvgIpc) is 2.95. The van der Waals surface area contributed by atoms with Crippen LogP contribution in [-0.4, -0.2) is 33.8 Å². The van der Waals surface area contributed by atoms with Crippen molar-refractivity contribution >= 4 is 0 Å². The van der Waals surface area contributed by atoms with E-state index in [1.807, 2.05) is 18.3 Å². The summed E-state index contributed by atoms with van der Waals surface area (Å²) in [6.45, 7) is 2.92. The number of aliphatic hydroxyl groups excluding tert-OH is 1. The van der Waals surface area contributed by atoms with Crippen LogP contribution in [-0.2, 0) is 31.0 Å². The van der Waals surface area contributed by atoms with Gasteiger partial charge in [-0.2, -0.15) is 0 Å². The van der Waals surface area contributed by atoms with Crippen molar-refractivity contribution in [2.24, 2.45) is 0 Å². The summed E-state index contributed by atoms with van der Waals surface area (Å²) in [6.07, 6.45) is 2.60. The molecule has 0 aliphatic carbocycles. The lowest BCUT2D eigenvalue weighted by Crippen LogP contribution is -2.14. The summed E-state index contributed by atoms with van der Waals surface area (Å²) in [5.74, 6) is 0. The first-order chi connectivity index (χ1) is 10.3. The number of aryl methyl sites for hydroxylation is 1. The molecule has 0 aliphatic heterocycles. The maximum Gasteiger partial charge on any atom is 0.0964 e. The Morgan fingerprint density at radius 3 is 2.81 bits per heavy atom. The van der Waals surface area contributed by atoms with E-state index in [9.17, 15) is 0 Å². The summed E-state index contributed by atoms with van der Waals surface area (Å²) in [7, 11) is 1.70. The van der Waals surface area contributed by atoms with Crippen LogP contribution in [0.2, 0.25) is 0 Å². The second kappa shape index (κ2) is 8.51. The molecular weight excluding hydrogens is 268 g/mol. The molecule has 0 aliphatic rings. The molecule has 1 aromatic carbocycles. The molecular formula is C15H22N4O2. The SMILES string of the molecule is COCc1ccccc1CNCc1cn(CCCO)nn1. The molecule has 6 heteroatoms. The van der Waals surface area contributed by atoms with Crippen LogP contribution >= 0.6 is 0 Å². The summed E-state index contributed by atoms with van der Waals surface area (Å²) in [5.41, 5.74) is 3.32. The minimum absolute atomic E-state index is 0.170. The van der Waals surface area contributed by atoms with Gasteiger partial charge in [0.1, 0.15) is 0 Å². The van der Waals surface area contributed by atoms with E-state index in [-0.39, 0.29) is 6.61 Å². The summed E-state index contributed by atoms with van der Waals surface area (Å²) in [4.78, 5) is 0. The van der Waals surface area contributed by atoms with Crippen LogP contribution in [0, 0.1) is 0 Å². The van der Waals surface area contributed by atoms with Gasteiger partial charge >= 0.3 is 0 Å². The van der Waals surface area contributed by atoms with Gasteiger partial charge in [0.25, 0.3) is 0 Å². The predicted molar refractivity (Wildman–Crippen MR) is 79.4 cm³/mol. The smallest absolute Gasteiger partial charge is 0.0964 e. The highest BCUT2D eigenvalue weighted by Crippen LogP contribution is 2.09. The number of benzene rings is 1. The average molecular weight is 290 g/mol. The summed E-state index contributed by atoms with van der Waals surface area (Å²) in [5, 5.41) is 20.3. The monoisotopic (exact) mass is 290 g/mol. The number of hydrogen-bond donors (Lipinski definition) is 2. The van der Waals surface area contributed by atoms with Crippen LogP contribution in [0.4, 0.5) is 0 Å². The van der Waals surface area contributed by atoms with E-state index in [1.165, 1.54) is 11.1 Å². The van der Waals surface area contributed by atoms with E-state index in [0.717, 1.165) is 12.2 Å². The largest absolute Gasteiger partial charge is 0.396 e. The van der Waals surface area contributed by atoms with Crippen molar-refractivity contribution < 1.29 is 9.84 Å². The van der Waals surface area contributed by atoms with Gasteiger partial charge in [-0.15, -0.1) is 5.10 Å². The number of methoxy groups -OCH3 is 1. The zero-order chi connectivity index (χ0) is 14.9. The highest BCUT2D eigenvalue weighted by molar-refractivity contribution is 5.26. The van der Waals surface area contributed by atoms with Gasteiger partial charge in [-0.3, -0.25) is 4.68 Å². The fraction of sp³-hybridized carbons (Fsp3) is 0.467. The summed E-state index contributed by atoms with van der Waals surface area (Å²) >= 11 is 0. The number of nitrogens with one attached hydrogen (secondary N) is 1. The van der Waals surface area contributed by atoms with E-state index < -0.39 is 0 Å². The first kappa shape index (κ1) is 15.6. The number of rotatable bonds is 9. The zero-order valence-corrected chi connectivity index (χ0v) is 12.3. The molecule has 0 amide bonds. The van der Waals surface area contributed by atoms with Crippen molar-refractivity contribution in [1.29, 1.82) is 0 Å². The van der Waals surface area contributed by atoms with Gasteiger partial charge < -0.3 is 15.2 Å². The molecule has 0 fully saturated rings. The molecule has 2 N–H and O–H groups in total. The third-order valence-electron chi connectivity index (χ3n) is 3.17. The Morgan fingerprint density at radius 1 is 1.24 bits per heavy atom. The van der Waals surface area contributed by atoms with Gasteiger partial charge in [-0.1, -0.05) is 29.5 Å². The number of aromatic nitrogens is 3. The normalized spacial score (nSPS) is 11.0.